The van der Waals surface area contributed by atoms with Crippen LogP contribution in [0, 0.1) is 16.0 Å². The number of nitrogens with two attached hydrogens (primary N) is 1. The standard InChI is InChI=1S/C12H17N3O2/c1-8(2)6-14-7-11(13)10-5-9(15(16)17)3-4-12(10)14/h3-5,8,11H,6-7,13H2,1-2H3/t11-/m0/s1. The van der Waals surface area contributed by atoms with Crippen molar-refractivity contribution in [3.05, 3.63) is 33.9 Å². The van der Waals surface area contributed by atoms with Gasteiger partial charge in [-0.1, -0.05) is 13.8 Å². The Hall–Kier alpha value is -1.62. The quantitative estimate of drug-likeness (QED) is 0.643. The highest BCUT2D eigenvalue weighted by Gasteiger charge is 2.27. The number of nitro benzene ring substituents is 1. The fourth-order valence-corrected chi connectivity index (χ4v) is 2.29. The number of nitrogens with zero attached hydrogens (tertiary/aromatic N) is 2. The van der Waals surface area contributed by atoms with Gasteiger partial charge >= 0.3 is 0 Å². The number of non-ortho nitro benzene ring substituents is 1. The third kappa shape index (κ3) is 2.24. The zero-order chi connectivity index (χ0) is 12.6. The minimum atomic E-state index is -0.377. The maximum Gasteiger partial charge on any atom is 0.269 e. The maximum absolute atomic E-state index is 10.7. The molecule has 1 aliphatic heterocycles. The molecule has 0 spiro atoms. The second-order valence-corrected chi connectivity index (χ2v) is 4.91. The second kappa shape index (κ2) is 4.33. The average Bonchev–Trinajstić information content (AvgIpc) is 2.54. The summed E-state index contributed by atoms with van der Waals surface area (Å²) < 4.78 is 0. The Morgan fingerprint density at radius 3 is 2.88 bits per heavy atom. The molecule has 0 unspecified atom stereocenters. The van der Waals surface area contributed by atoms with Crippen molar-refractivity contribution in [2.24, 2.45) is 11.7 Å². The molecule has 0 saturated carbocycles. The van der Waals surface area contributed by atoms with Crippen LogP contribution in [0.1, 0.15) is 25.5 Å². The van der Waals surface area contributed by atoms with Gasteiger partial charge in [0.15, 0.2) is 0 Å². The topological polar surface area (TPSA) is 72.4 Å². The van der Waals surface area contributed by atoms with E-state index >= 15 is 0 Å². The smallest absolute Gasteiger partial charge is 0.269 e. The van der Waals surface area contributed by atoms with Crippen LogP contribution < -0.4 is 10.6 Å². The van der Waals surface area contributed by atoms with Gasteiger partial charge in [-0.05, 0) is 12.0 Å². The molecule has 0 radical (unpaired) electrons. The third-order valence-corrected chi connectivity index (χ3v) is 2.96. The van der Waals surface area contributed by atoms with Crippen LogP contribution in [0.3, 0.4) is 0 Å². The van der Waals surface area contributed by atoms with Crippen LogP contribution in [0.25, 0.3) is 0 Å². The number of rotatable bonds is 3. The van der Waals surface area contributed by atoms with E-state index in [1.165, 1.54) is 0 Å². The molecule has 17 heavy (non-hydrogen) atoms. The van der Waals surface area contributed by atoms with E-state index in [-0.39, 0.29) is 16.7 Å². The first-order valence-electron chi connectivity index (χ1n) is 5.78. The van der Waals surface area contributed by atoms with Crippen LogP contribution in [0.2, 0.25) is 0 Å². The van der Waals surface area contributed by atoms with Crippen LogP contribution in [0.5, 0.6) is 0 Å². The predicted molar refractivity (Wildman–Crippen MR) is 67.1 cm³/mol. The van der Waals surface area contributed by atoms with Crippen LogP contribution in [-0.4, -0.2) is 18.0 Å². The lowest BCUT2D eigenvalue weighted by Gasteiger charge is -2.21. The van der Waals surface area contributed by atoms with Gasteiger partial charge in [0, 0.05) is 42.5 Å². The van der Waals surface area contributed by atoms with E-state index in [9.17, 15) is 10.1 Å². The van der Waals surface area contributed by atoms with Gasteiger partial charge in [0.25, 0.3) is 5.69 Å². The number of hydrogen-bond donors (Lipinski definition) is 1. The van der Waals surface area contributed by atoms with Crippen molar-refractivity contribution in [1.82, 2.24) is 0 Å². The van der Waals surface area contributed by atoms with Crippen molar-refractivity contribution in [2.75, 3.05) is 18.0 Å². The molecule has 0 amide bonds. The SMILES string of the molecule is CC(C)CN1C[C@H](N)c2cc([N+](=O)[O-])ccc21. The van der Waals surface area contributed by atoms with E-state index in [1.54, 1.807) is 12.1 Å². The Bertz CT molecular complexity index is 445. The summed E-state index contributed by atoms with van der Waals surface area (Å²) in [6, 6.07) is 4.83. The van der Waals surface area contributed by atoms with Crippen molar-refractivity contribution in [2.45, 2.75) is 19.9 Å². The van der Waals surface area contributed by atoms with Gasteiger partial charge in [0.05, 0.1) is 4.92 Å². The predicted octanol–water partition coefficient (Wildman–Crippen LogP) is 2.07. The Balaban J connectivity index is 2.33. The van der Waals surface area contributed by atoms with E-state index in [0.717, 1.165) is 24.3 Å². The van der Waals surface area contributed by atoms with Gasteiger partial charge in [0.2, 0.25) is 0 Å². The highest BCUT2D eigenvalue weighted by atomic mass is 16.6. The van der Waals surface area contributed by atoms with Crippen molar-refractivity contribution in [3.8, 4) is 0 Å². The Morgan fingerprint density at radius 2 is 2.29 bits per heavy atom. The normalized spacial score (nSPS) is 18.6. The summed E-state index contributed by atoms with van der Waals surface area (Å²) in [5.74, 6) is 0.545. The molecule has 92 valence electrons. The van der Waals surface area contributed by atoms with Crippen LogP contribution >= 0.6 is 0 Å². The fraction of sp³-hybridized carbons (Fsp3) is 0.500. The van der Waals surface area contributed by atoms with E-state index in [0.29, 0.717) is 5.92 Å². The van der Waals surface area contributed by atoms with E-state index in [4.69, 9.17) is 5.73 Å². The Labute approximate surface area is 100 Å². The van der Waals surface area contributed by atoms with E-state index in [2.05, 4.69) is 18.7 Å². The molecule has 5 heteroatoms. The Kier molecular flexibility index (Phi) is 3.02. The molecule has 1 aromatic rings. The third-order valence-electron chi connectivity index (χ3n) is 2.96. The average molecular weight is 235 g/mol. The summed E-state index contributed by atoms with van der Waals surface area (Å²) in [5.41, 5.74) is 8.06. The molecule has 0 saturated heterocycles. The lowest BCUT2D eigenvalue weighted by molar-refractivity contribution is -0.384. The van der Waals surface area contributed by atoms with Crippen molar-refractivity contribution in [3.63, 3.8) is 0 Å². The summed E-state index contributed by atoms with van der Waals surface area (Å²) in [6.07, 6.45) is 0. The van der Waals surface area contributed by atoms with E-state index in [1.807, 2.05) is 6.07 Å². The first kappa shape index (κ1) is 11.9. The summed E-state index contributed by atoms with van der Waals surface area (Å²) in [6.45, 7) is 5.97. The molecule has 1 aliphatic rings. The molecular formula is C12H17N3O2. The van der Waals surface area contributed by atoms with Crippen LogP contribution in [-0.2, 0) is 0 Å². The van der Waals surface area contributed by atoms with Gasteiger partial charge in [0.1, 0.15) is 0 Å². The van der Waals surface area contributed by atoms with Gasteiger partial charge < -0.3 is 10.6 Å². The zero-order valence-electron chi connectivity index (χ0n) is 10.1. The van der Waals surface area contributed by atoms with Gasteiger partial charge in [-0.2, -0.15) is 0 Å². The lowest BCUT2D eigenvalue weighted by atomic mass is 10.1. The first-order valence-corrected chi connectivity index (χ1v) is 5.78. The minimum absolute atomic E-state index is 0.116. The summed E-state index contributed by atoms with van der Waals surface area (Å²) in [7, 11) is 0. The second-order valence-electron chi connectivity index (χ2n) is 4.91. The summed E-state index contributed by atoms with van der Waals surface area (Å²) >= 11 is 0. The number of fused-ring (bicyclic) bond motifs is 1. The number of anilines is 1. The van der Waals surface area contributed by atoms with Gasteiger partial charge in [-0.15, -0.1) is 0 Å². The summed E-state index contributed by atoms with van der Waals surface area (Å²) in [4.78, 5) is 12.5. The molecular weight excluding hydrogens is 218 g/mol. The minimum Gasteiger partial charge on any atom is -0.369 e. The molecule has 0 aromatic heterocycles. The maximum atomic E-state index is 10.7. The molecule has 1 atom stereocenters. The molecule has 1 heterocycles. The van der Waals surface area contributed by atoms with Crippen molar-refractivity contribution >= 4 is 11.4 Å². The fourth-order valence-electron chi connectivity index (χ4n) is 2.29. The first-order chi connectivity index (χ1) is 7.99. The molecule has 0 fully saturated rings. The van der Waals surface area contributed by atoms with E-state index < -0.39 is 0 Å². The Morgan fingerprint density at radius 1 is 1.59 bits per heavy atom. The van der Waals surface area contributed by atoms with Gasteiger partial charge in [-0.25, -0.2) is 0 Å². The molecule has 2 N–H and O–H groups in total. The van der Waals surface area contributed by atoms with Gasteiger partial charge in [-0.3, -0.25) is 10.1 Å². The number of nitro groups is 1. The van der Waals surface area contributed by atoms with Crippen LogP contribution in [0.4, 0.5) is 11.4 Å². The van der Waals surface area contributed by atoms with Crippen molar-refractivity contribution in [1.29, 1.82) is 0 Å². The van der Waals surface area contributed by atoms with Crippen molar-refractivity contribution < 1.29 is 4.92 Å². The molecule has 0 bridgehead atoms. The monoisotopic (exact) mass is 235 g/mol. The summed E-state index contributed by atoms with van der Waals surface area (Å²) in [5, 5.41) is 10.7. The zero-order valence-corrected chi connectivity index (χ0v) is 10.1. The highest BCUT2D eigenvalue weighted by molar-refractivity contribution is 5.63. The highest BCUT2D eigenvalue weighted by Crippen LogP contribution is 2.36. The molecule has 0 aliphatic carbocycles. The molecule has 2 rings (SSSR count). The van der Waals surface area contributed by atoms with Crippen LogP contribution in [0.15, 0.2) is 18.2 Å². The largest absolute Gasteiger partial charge is 0.369 e. The molecule has 5 nitrogen and oxygen atoms in total. The number of hydrogen-bond acceptors (Lipinski definition) is 4. The molecule has 1 aromatic carbocycles. The number of benzene rings is 1. The lowest BCUT2D eigenvalue weighted by Crippen LogP contribution is -2.28.